The second kappa shape index (κ2) is 10.5. The van der Waals surface area contributed by atoms with E-state index in [0.29, 0.717) is 23.3 Å². The number of allylic oxidation sites excluding steroid dienone is 1. The molecular weight excluding hydrogens is 491 g/mol. The SMILES string of the molecule is COc1cccc(OP(=O)(N[C@@H](C)C(=O)O)OC[C@@H]2C=C[C@H](n3cnc4c(OC)nc(N)nc43)C2)c1. The zero-order valence-electron chi connectivity index (χ0n) is 19.9. The molecule has 13 nitrogen and oxygen atoms in total. The molecule has 4 N–H and O–H groups in total. The van der Waals surface area contributed by atoms with Gasteiger partial charge in [-0.2, -0.15) is 15.1 Å². The van der Waals surface area contributed by atoms with Crippen LogP contribution in [0.25, 0.3) is 11.2 Å². The van der Waals surface area contributed by atoms with E-state index in [4.69, 9.17) is 24.3 Å². The highest BCUT2D eigenvalue weighted by molar-refractivity contribution is 7.52. The van der Waals surface area contributed by atoms with E-state index < -0.39 is 19.8 Å². The van der Waals surface area contributed by atoms with Crippen molar-refractivity contribution >= 4 is 30.8 Å². The number of nitrogens with zero attached hydrogens (tertiary/aromatic N) is 4. The van der Waals surface area contributed by atoms with Crippen molar-refractivity contribution in [1.82, 2.24) is 24.6 Å². The van der Waals surface area contributed by atoms with Gasteiger partial charge in [0.1, 0.15) is 17.5 Å². The van der Waals surface area contributed by atoms with Crippen LogP contribution in [-0.4, -0.2) is 57.5 Å². The minimum Gasteiger partial charge on any atom is -0.497 e. The summed E-state index contributed by atoms with van der Waals surface area (Å²) < 4.78 is 37.1. The number of fused-ring (bicyclic) bond motifs is 1. The lowest BCUT2D eigenvalue weighted by Crippen LogP contribution is -2.33. The number of aromatic nitrogens is 4. The average Bonchev–Trinajstić information content (AvgIpc) is 3.49. The molecule has 0 amide bonds. The van der Waals surface area contributed by atoms with E-state index in [1.165, 1.54) is 27.2 Å². The first-order valence-electron chi connectivity index (χ1n) is 11.0. The quantitative estimate of drug-likeness (QED) is 0.251. The fourth-order valence-corrected chi connectivity index (χ4v) is 5.29. The van der Waals surface area contributed by atoms with Gasteiger partial charge in [-0.15, -0.1) is 0 Å². The van der Waals surface area contributed by atoms with Crippen LogP contribution in [-0.2, 0) is 13.9 Å². The molecule has 3 aromatic rings. The lowest BCUT2D eigenvalue weighted by molar-refractivity contribution is -0.138. The van der Waals surface area contributed by atoms with Gasteiger partial charge in [-0.25, -0.2) is 9.55 Å². The van der Waals surface area contributed by atoms with Crippen LogP contribution in [0.5, 0.6) is 17.4 Å². The molecule has 0 spiro atoms. The van der Waals surface area contributed by atoms with Crippen LogP contribution in [0, 0.1) is 5.92 Å². The molecule has 0 saturated carbocycles. The van der Waals surface area contributed by atoms with E-state index in [1.54, 1.807) is 24.5 Å². The van der Waals surface area contributed by atoms with Gasteiger partial charge >= 0.3 is 13.7 Å². The number of hydrogen-bond donors (Lipinski definition) is 3. The Labute approximate surface area is 206 Å². The monoisotopic (exact) mass is 518 g/mol. The molecular formula is C22H27N6O7P. The third-order valence-electron chi connectivity index (χ3n) is 5.55. The topological polar surface area (TPSA) is 173 Å². The van der Waals surface area contributed by atoms with Crippen molar-refractivity contribution in [1.29, 1.82) is 0 Å². The Morgan fingerprint density at radius 2 is 2.06 bits per heavy atom. The molecule has 192 valence electrons. The third-order valence-corrected chi connectivity index (χ3v) is 7.20. The van der Waals surface area contributed by atoms with Crippen LogP contribution < -0.4 is 24.8 Å². The number of aliphatic carboxylic acids is 1. The first-order chi connectivity index (χ1) is 17.2. The molecule has 0 aliphatic heterocycles. The Hall–Kier alpha value is -3.67. The molecule has 4 rings (SSSR count). The number of methoxy groups -OCH3 is 2. The molecule has 1 aromatic carbocycles. The van der Waals surface area contributed by atoms with Crippen LogP contribution >= 0.6 is 7.75 Å². The maximum atomic E-state index is 13.5. The first kappa shape index (κ1) is 25.4. The molecule has 1 aliphatic carbocycles. The zero-order chi connectivity index (χ0) is 25.9. The number of carboxylic acid groups (broad SMARTS) is 1. The van der Waals surface area contributed by atoms with Gasteiger partial charge in [0.2, 0.25) is 11.8 Å². The van der Waals surface area contributed by atoms with Gasteiger partial charge in [-0.05, 0) is 25.5 Å². The van der Waals surface area contributed by atoms with Crippen molar-refractivity contribution in [3.63, 3.8) is 0 Å². The first-order valence-corrected chi connectivity index (χ1v) is 12.6. The largest absolute Gasteiger partial charge is 0.497 e. The summed E-state index contributed by atoms with van der Waals surface area (Å²) in [4.78, 5) is 24.1. The number of nitrogens with one attached hydrogen (secondary N) is 1. The third kappa shape index (κ3) is 5.59. The highest BCUT2D eigenvalue weighted by atomic mass is 31.2. The van der Waals surface area contributed by atoms with Gasteiger partial charge in [0, 0.05) is 12.0 Å². The van der Waals surface area contributed by atoms with Crippen molar-refractivity contribution in [2.24, 2.45) is 5.92 Å². The number of imidazole rings is 1. The van der Waals surface area contributed by atoms with E-state index in [9.17, 15) is 14.5 Å². The average molecular weight is 518 g/mol. The number of ether oxygens (including phenoxy) is 2. The molecule has 0 fully saturated rings. The summed E-state index contributed by atoms with van der Waals surface area (Å²) in [5.41, 5.74) is 6.83. The van der Waals surface area contributed by atoms with Gasteiger partial charge in [-0.3, -0.25) is 9.32 Å². The fourth-order valence-electron chi connectivity index (χ4n) is 3.75. The maximum absolute atomic E-state index is 13.5. The van der Waals surface area contributed by atoms with E-state index >= 15 is 0 Å². The molecule has 2 heterocycles. The van der Waals surface area contributed by atoms with Crippen molar-refractivity contribution in [2.45, 2.75) is 25.4 Å². The van der Waals surface area contributed by atoms with Gasteiger partial charge in [-0.1, -0.05) is 18.2 Å². The molecule has 36 heavy (non-hydrogen) atoms. The second-order valence-electron chi connectivity index (χ2n) is 8.12. The van der Waals surface area contributed by atoms with Crippen molar-refractivity contribution in [3.05, 3.63) is 42.7 Å². The van der Waals surface area contributed by atoms with Crippen LogP contribution in [0.15, 0.2) is 42.7 Å². The summed E-state index contributed by atoms with van der Waals surface area (Å²) in [5, 5.41) is 11.8. The van der Waals surface area contributed by atoms with E-state index in [0.717, 1.165) is 0 Å². The number of nitrogens with two attached hydrogens (primary N) is 1. The normalized spacial score (nSPS) is 19.6. The van der Waals surface area contributed by atoms with Crippen molar-refractivity contribution in [3.8, 4) is 17.4 Å². The molecule has 1 unspecified atom stereocenters. The lowest BCUT2D eigenvalue weighted by Gasteiger charge is -2.23. The smallest absolute Gasteiger partial charge is 0.459 e. The molecule has 2 aromatic heterocycles. The standard InChI is InChI=1S/C22H27N6O7P/c1-13(21(29)30)27-36(31,35-17-6-4-5-16(10-17)32-2)34-11-14-7-8-15(9-14)28-12-24-18-19(28)25-22(23)26-20(18)33-3/h4-8,10,12-15H,9,11H2,1-3H3,(H,27,31)(H,29,30)(H2,23,25,26)/t13-,14+,15-,36?/m0/s1. The van der Waals surface area contributed by atoms with Gasteiger partial charge in [0.15, 0.2) is 11.2 Å². The summed E-state index contributed by atoms with van der Waals surface area (Å²) in [6.45, 7) is 1.37. The summed E-state index contributed by atoms with van der Waals surface area (Å²) in [5.74, 6) is -0.292. The van der Waals surface area contributed by atoms with Crippen LogP contribution in [0.1, 0.15) is 19.4 Å². The molecule has 0 bridgehead atoms. The summed E-state index contributed by atoms with van der Waals surface area (Å²) >= 11 is 0. The molecule has 14 heteroatoms. The number of hydrogen-bond acceptors (Lipinski definition) is 10. The van der Waals surface area contributed by atoms with Gasteiger partial charge in [0.05, 0.1) is 33.2 Å². The Morgan fingerprint density at radius 3 is 2.78 bits per heavy atom. The fraction of sp³-hybridized carbons (Fsp3) is 0.364. The number of benzene rings is 1. The van der Waals surface area contributed by atoms with Crippen molar-refractivity contribution in [2.75, 3.05) is 26.6 Å². The highest BCUT2D eigenvalue weighted by Crippen LogP contribution is 2.46. The van der Waals surface area contributed by atoms with Gasteiger partial charge in [0.25, 0.3) is 0 Å². The minimum absolute atomic E-state index is 0.0145. The molecule has 1 aliphatic rings. The summed E-state index contributed by atoms with van der Waals surface area (Å²) in [6.07, 6.45) is 6.10. The predicted octanol–water partition coefficient (Wildman–Crippen LogP) is 2.81. The molecule has 0 radical (unpaired) electrons. The number of anilines is 1. The second-order valence-corrected chi connectivity index (χ2v) is 9.81. The number of carboxylic acids is 1. The van der Waals surface area contributed by atoms with E-state index in [-0.39, 0.29) is 36.1 Å². The number of rotatable bonds is 11. The Balaban J connectivity index is 1.47. The van der Waals surface area contributed by atoms with Crippen LogP contribution in [0.4, 0.5) is 5.95 Å². The predicted molar refractivity (Wildman–Crippen MR) is 130 cm³/mol. The van der Waals surface area contributed by atoms with E-state index in [1.807, 2.05) is 16.7 Å². The Bertz CT molecular complexity index is 1330. The number of nitrogen functional groups attached to an aromatic ring is 1. The highest BCUT2D eigenvalue weighted by Gasteiger charge is 2.33. The minimum atomic E-state index is -4.06. The number of carbonyl (C=O) groups is 1. The zero-order valence-corrected chi connectivity index (χ0v) is 20.8. The Kier molecular flexibility index (Phi) is 7.43. The summed E-state index contributed by atoms with van der Waals surface area (Å²) in [6, 6.07) is 5.16. The molecule has 4 atom stereocenters. The molecule has 0 saturated heterocycles. The maximum Gasteiger partial charge on any atom is 0.459 e. The van der Waals surface area contributed by atoms with Crippen LogP contribution in [0.2, 0.25) is 0 Å². The van der Waals surface area contributed by atoms with Crippen LogP contribution in [0.3, 0.4) is 0 Å². The van der Waals surface area contributed by atoms with Gasteiger partial charge < -0.3 is 29.4 Å². The van der Waals surface area contributed by atoms with E-state index in [2.05, 4.69) is 20.0 Å². The summed E-state index contributed by atoms with van der Waals surface area (Å²) in [7, 11) is -1.09. The lowest BCUT2D eigenvalue weighted by atomic mass is 10.1. The Morgan fingerprint density at radius 1 is 1.28 bits per heavy atom. The van der Waals surface area contributed by atoms with Crippen molar-refractivity contribution < 1.29 is 33.0 Å².